The molecule has 2 heterocycles. The highest BCUT2D eigenvalue weighted by molar-refractivity contribution is 5.94. The Morgan fingerprint density at radius 3 is 2.48 bits per heavy atom. The number of hydrogen-bond donors (Lipinski definition) is 1. The van der Waals surface area contributed by atoms with Crippen LogP contribution in [0.25, 0.3) is 5.65 Å². The van der Waals surface area contributed by atoms with Crippen molar-refractivity contribution in [2.24, 2.45) is 5.41 Å². The number of pyridine rings is 1. The van der Waals surface area contributed by atoms with E-state index in [1.807, 2.05) is 67.8 Å². The van der Waals surface area contributed by atoms with Gasteiger partial charge < -0.3 is 5.32 Å². The van der Waals surface area contributed by atoms with Crippen molar-refractivity contribution in [3.63, 3.8) is 0 Å². The van der Waals surface area contributed by atoms with Gasteiger partial charge in [-0.05, 0) is 17.7 Å². The first kappa shape index (κ1) is 15.3. The fourth-order valence-corrected chi connectivity index (χ4v) is 2.38. The molecular formula is C19H21N3O. The summed E-state index contributed by atoms with van der Waals surface area (Å²) in [5.74, 6) is 0.738. The van der Waals surface area contributed by atoms with E-state index in [0.29, 0.717) is 6.42 Å². The second-order valence-corrected chi connectivity index (χ2v) is 6.70. The van der Waals surface area contributed by atoms with E-state index in [1.54, 1.807) is 0 Å². The fourth-order valence-electron chi connectivity index (χ4n) is 2.38. The molecule has 0 bridgehead atoms. The van der Waals surface area contributed by atoms with E-state index in [2.05, 4.69) is 17.4 Å². The molecule has 23 heavy (non-hydrogen) atoms. The molecule has 0 fully saturated rings. The van der Waals surface area contributed by atoms with Crippen LogP contribution in [0, 0.1) is 5.41 Å². The van der Waals surface area contributed by atoms with E-state index >= 15 is 0 Å². The zero-order valence-electron chi connectivity index (χ0n) is 13.7. The zero-order chi connectivity index (χ0) is 16.4. The maximum Gasteiger partial charge on any atom is 0.230 e. The molecule has 0 unspecified atom stereocenters. The Hall–Kier alpha value is -2.62. The number of carbonyl (C=O) groups excluding carboxylic acids is 1. The third kappa shape index (κ3) is 3.26. The molecule has 3 rings (SSSR count). The zero-order valence-corrected chi connectivity index (χ0v) is 13.7. The molecule has 3 aromatic rings. The molecule has 2 aromatic heterocycles. The standard InChI is InChI=1S/C19H21N3O/c1-19(2,3)18(23)21-17-15(13-14-9-5-4-6-10-14)20-16-11-7-8-12-22(16)17/h4-12H,13H2,1-3H3,(H,21,23). The largest absolute Gasteiger partial charge is 0.310 e. The smallest absolute Gasteiger partial charge is 0.230 e. The van der Waals surface area contributed by atoms with E-state index in [0.717, 1.165) is 17.2 Å². The summed E-state index contributed by atoms with van der Waals surface area (Å²) in [6, 6.07) is 16.0. The van der Waals surface area contributed by atoms with Crippen molar-refractivity contribution in [3.05, 3.63) is 66.0 Å². The van der Waals surface area contributed by atoms with Crippen LogP contribution in [0.4, 0.5) is 5.82 Å². The number of anilines is 1. The lowest BCUT2D eigenvalue weighted by Crippen LogP contribution is -2.28. The lowest BCUT2D eigenvalue weighted by atomic mass is 9.95. The maximum atomic E-state index is 12.4. The van der Waals surface area contributed by atoms with Gasteiger partial charge in [0.25, 0.3) is 0 Å². The van der Waals surface area contributed by atoms with Gasteiger partial charge in [-0.1, -0.05) is 57.2 Å². The van der Waals surface area contributed by atoms with E-state index in [4.69, 9.17) is 4.98 Å². The fraction of sp³-hybridized carbons (Fsp3) is 0.263. The first-order valence-corrected chi connectivity index (χ1v) is 7.76. The summed E-state index contributed by atoms with van der Waals surface area (Å²) in [6.07, 6.45) is 2.61. The van der Waals surface area contributed by atoms with Gasteiger partial charge in [0.1, 0.15) is 11.5 Å². The Kier molecular flexibility index (Phi) is 3.90. The average Bonchev–Trinajstić information content (AvgIpc) is 2.85. The topological polar surface area (TPSA) is 46.4 Å². The molecule has 118 valence electrons. The van der Waals surface area contributed by atoms with Crippen LogP contribution in [0.15, 0.2) is 54.7 Å². The van der Waals surface area contributed by atoms with E-state index in [-0.39, 0.29) is 5.91 Å². The Balaban J connectivity index is 2.03. The van der Waals surface area contributed by atoms with Crippen molar-refractivity contribution in [2.75, 3.05) is 5.32 Å². The molecular weight excluding hydrogens is 286 g/mol. The van der Waals surface area contributed by atoms with E-state index < -0.39 is 5.41 Å². The van der Waals surface area contributed by atoms with Gasteiger partial charge in [0.2, 0.25) is 5.91 Å². The third-order valence-electron chi connectivity index (χ3n) is 3.73. The summed E-state index contributed by atoms with van der Waals surface area (Å²) in [4.78, 5) is 17.1. The number of aromatic nitrogens is 2. The predicted octanol–water partition coefficient (Wildman–Crippen LogP) is 3.91. The summed E-state index contributed by atoms with van der Waals surface area (Å²) < 4.78 is 1.93. The number of fused-ring (bicyclic) bond motifs is 1. The third-order valence-corrected chi connectivity index (χ3v) is 3.73. The Labute approximate surface area is 136 Å². The number of hydrogen-bond acceptors (Lipinski definition) is 2. The van der Waals surface area contributed by atoms with Gasteiger partial charge in [0.05, 0.1) is 5.69 Å². The number of nitrogens with one attached hydrogen (secondary N) is 1. The number of rotatable bonds is 3. The number of imidazole rings is 1. The van der Waals surface area contributed by atoms with Crippen LogP contribution >= 0.6 is 0 Å². The number of benzene rings is 1. The van der Waals surface area contributed by atoms with Gasteiger partial charge in [-0.15, -0.1) is 0 Å². The lowest BCUT2D eigenvalue weighted by Gasteiger charge is -2.18. The first-order valence-electron chi connectivity index (χ1n) is 7.76. The Bertz CT molecular complexity index is 829. The first-order chi connectivity index (χ1) is 10.9. The molecule has 1 aromatic carbocycles. The van der Waals surface area contributed by atoms with E-state index in [9.17, 15) is 4.79 Å². The average molecular weight is 307 g/mol. The second kappa shape index (κ2) is 5.88. The van der Waals surface area contributed by atoms with Crippen LogP contribution in [-0.4, -0.2) is 15.3 Å². The molecule has 0 aliphatic rings. The highest BCUT2D eigenvalue weighted by Gasteiger charge is 2.24. The van der Waals surface area contributed by atoms with Gasteiger partial charge in [0.15, 0.2) is 0 Å². The van der Waals surface area contributed by atoms with Crippen molar-refractivity contribution in [3.8, 4) is 0 Å². The molecule has 0 spiro atoms. The number of amides is 1. The minimum absolute atomic E-state index is 0.0162. The molecule has 0 saturated carbocycles. The summed E-state index contributed by atoms with van der Waals surface area (Å²) >= 11 is 0. The van der Waals surface area contributed by atoms with Crippen LogP contribution in [0.1, 0.15) is 32.0 Å². The minimum Gasteiger partial charge on any atom is -0.310 e. The van der Waals surface area contributed by atoms with Crippen LogP contribution < -0.4 is 5.32 Å². The van der Waals surface area contributed by atoms with E-state index in [1.165, 1.54) is 5.56 Å². The number of nitrogens with zero attached hydrogens (tertiary/aromatic N) is 2. The second-order valence-electron chi connectivity index (χ2n) is 6.70. The van der Waals surface area contributed by atoms with Gasteiger partial charge >= 0.3 is 0 Å². The van der Waals surface area contributed by atoms with Crippen molar-refractivity contribution >= 4 is 17.4 Å². The molecule has 0 aliphatic heterocycles. The molecule has 1 amide bonds. The summed E-state index contributed by atoms with van der Waals surface area (Å²) in [7, 11) is 0. The SMILES string of the molecule is CC(C)(C)C(=O)Nc1c(Cc2ccccc2)nc2ccccn12. The normalized spacial score (nSPS) is 11.6. The monoisotopic (exact) mass is 307 g/mol. The van der Waals surface area contributed by atoms with Gasteiger partial charge in [0, 0.05) is 18.0 Å². The Morgan fingerprint density at radius 2 is 1.78 bits per heavy atom. The molecule has 0 radical (unpaired) electrons. The summed E-state index contributed by atoms with van der Waals surface area (Å²) in [5.41, 5.74) is 2.42. The summed E-state index contributed by atoms with van der Waals surface area (Å²) in [5, 5.41) is 3.06. The minimum atomic E-state index is -0.455. The number of carbonyl (C=O) groups is 1. The van der Waals surface area contributed by atoms with Gasteiger partial charge in [-0.3, -0.25) is 9.20 Å². The quantitative estimate of drug-likeness (QED) is 0.797. The highest BCUT2D eigenvalue weighted by atomic mass is 16.2. The molecule has 4 heteroatoms. The van der Waals surface area contributed by atoms with Gasteiger partial charge in [-0.25, -0.2) is 4.98 Å². The highest BCUT2D eigenvalue weighted by Crippen LogP contribution is 2.24. The molecule has 0 saturated heterocycles. The predicted molar refractivity (Wildman–Crippen MR) is 92.5 cm³/mol. The molecule has 4 nitrogen and oxygen atoms in total. The molecule has 0 atom stereocenters. The summed E-state index contributed by atoms with van der Waals surface area (Å²) in [6.45, 7) is 5.72. The van der Waals surface area contributed by atoms with Crippen LogP contribution in [0.3, 0.4) is 0 Å². The van der Waals surface area contributed by atoms with Crippen LogP contribution in [0.2, 0.25) is 0 Å². The Morgan fingerprint density at radius 1 is 1.09 bits per heavy atom. The lowest BCUT2D eigenvalue weighted by molar-refractivity contribution is -0.123. The van der Waals surface area contributed by atoms with Crippen LogP contribution in [0.5, 0.6) is 0 Å². The van der Waals surface area contributed by atoms with Gasteiger partial charge in [-0.2, -0.15) is 0 Å². The van der Waals surface area contributed by atoms with Crippen LogP contribution in [-0.2, 0) is 11.2 Å². The van der Waals surface area contributed by atoms with Crippen molar-refractivity contribution in [1.82, 2.24) is 9.38 Å². The molecule has 1 N–H and O–H groups in total. The van der Waals surface area contributed by atoms with Crippen molar-refractivity contribution in [1.29, 1.82) is 0 Å². The van der Waals surface area contributed by atoms with Crippen molar-refractivity contribution in [2.45, 2.75) is 27.2 Å². The van der Waals surface area contributed by atoms with Crippen molar-refractivity contribution < 1.29 is 4.79 Å². The molecule has 0 aliphatic carbocycles. The maximum absolute atomic E-state index is 12.4.